The van der Waals surface area contributed by atoms with Crippen LogP contribution in [0.15, 0.2) is 57.5 Å². The highest BCUT2D eigenvalue weighted by molar-refractivity contribution is 9.10. The molecule has 0 saturated heterocycles. The summed E-state index contributed by atoms with van der Waals surface area (Å²) in [4.78, 5) is 23.8. The first-order valence-corrected chi connectivity index (χ1v) is 7.81. The molecule has 1 N–H and O–H groups in total. The summed E-state index contributed by atoms with van der Waals surface area (Å²) in [6, 6.07) is 14.1. The summed E-state index contributed by atoms with van der Waals surface area (Å²) in [7, 11) is 0. The van der Waals surface area contributed by atoms with Gasteiger partial charge in [-0.05, 0) is 35.4 Å². The van der Waals surface area contributed by atoms with Gasteiger partial charge in [-0.25, -0.2) is 0 Å². The fourth-order valence-electron chi connectivity index (χ4n) is 2.03. The normalized spacial score (nSPS) is 11.9. The summed E-state index contributed by atoms with van der Waals surface area (Å²) in [6.45, 7) is 0. The van der Waals surface area contributed by atoms with Crippen molar-refractivity contribution in [1.82, 2.24) is 0 Å². The van der Waals surface area contributed by atoms with Crippen molar-refractivity contribution in [2.75, 3.05) is 0 Å². The summed E-state index contributed by atoms with van der Waals surface area (Å²) in [6.07, 6.45) is 0.0975. The Labute approximate surface area is 139 Å². The van der Waals surface area contributed by atoms with Crippen molar-refractivity contribution in [3.8, 4) is 0 Å². The Balaban J connectivity index is 2.22. The van der Waals surface area contributed by atoms with Gasteiger partial charge in [-0.1, -0.05) is 56.1 Å². The van der Waals surface area contributed by atoms with Gasteiger partial charge in [0.1, 0.15) is 5.92 Å². The fraction of sp³-hybridized carbons (Fsp3) is 0.125. The summed E-state index contributed by atoms with van der Waals surface area (Å²) >= 11 is 6.62. The molecule has 21 heavy (non-hydrogen) atoms. The van der Waals surface area contributed by atoms with Gasteiger partial charge < -0.3 is 5.11 Å². The van der Waals surface area contributed by atoms with Gasteiger partial charge >= 0.3 is 5.97 Å². The quantitative estimate of drug-likeness (QED) is 0.750. The molecular weight excluding hydrogens is 400 g/mol. The molecule has 0 aromatic heterocycles. The Morgan fingerprint density at radius 3 is 1.86 bits per heavy atom. The van der Waals surface area contributed by atoms with E-state index in [1.165, 1.54) is 0 Å². The van der Waals surface area contributed by atoms with Gasteiger partial charge in [0.25, 0.3) is 0 Å². The molecule has 0 heterocycles. The largest absolute Gasteiger partial charge is 0.480 e. The van der Waals surface area contributed by atoms with E-state index in [9.17, 15) is 14.7 Å². The summed E-state index contributed by atoms with van der Waals surface area (Å²) in [5, 5.41) is 9.35. The minimum Gasteiger partial charge on any atom is -0.480 e. The maximum absolute atomic E-state index is 12.3. The van der Waals surface area contributed by atoms with Crippen LogP contribution in [-0.2, 0) is 16.0 Å². The number of aliphatic carboxylic acids is 1. The zero-order chi connectivity index (χ0) is 15.4. The number of Topliss-reactive ketones (excluding diaryl/α,β-unsaturated/α-hetero) is 1. The molecule has 2 aromatic carbocycles. The van der Waals surface area contributed by atoms with Crippen LogP contribution in [-0.4, -0.2) is 16.9 Å². The average molecular weight is 412 g/mol. The van der Waals surface area contributed by atoms with Crippen LogP contribution in [0.1, 0.15) is 17.0 Å². The molecular formula is C16H12Br2O3. The van der Waals surface area contributed by atoms with Gasteiger partial charge in [0, 0.05) is 15.4 Å². The van der Waals surface area contributed by atoms with E-state index in [1.54, 1.807) is 24.3 Å². The third-order valence-electron chi connectivity index (χ3n) is 3.06. The van der Waals surface area contributed by atoms with Crippen molar-refractivity contribution in [2.45, 2.75) is 12.3 Å². The van der Waals surface area contributed by atoms with Gasteiger partial charge in [0.15, 0.2) is 5.78 Å². The van der Waals surface area contributed by atoms with Crippen LogP contribution in [0.3, 0.4) is 0 Å². The Morgan fingerprint density at radius 2 is 1.38 bits per heavy atom. The van der Waals surface area contributed by atoms with Crippen molar-refractivity contribution in [1.29, 1.82) is 0 Å². The van der Waals surface area contributed by atoms with Crippen LogP contribution in [0.4, 0.5) is 0 Å². The molecule has 0 saturated carbocycles. The minimum absolute atomic E-state index is 0.0975. The molecule has 5 heteroatoms. The van der Waals surface area contributed by atoms with Crippen LogP contribution in [0, 0.1) is 0 Å². The van der Waals surface area contributed by atoms with E-state index in [0.29, 0.717) is 5.56 Å². The number of carbonyl (C=O) groups excluding carboxylic acids is 1. The standard InChI is InChI=1S/C16H12Br2O3/c17-12-5-1-10(2-6-12)9-14(19)15(16(20)21)11-3-7-13(18)8-4-11/h1-8,15H,9H2,(H,20,21). The number of carbonyl (C=O) groups is 2. The molecule has 0 spiro atoms. The number of halogens is 2. The predicted molar refractivity (Wildman–Crippen MR) is 87.4 cm³/mol. The lowest BCUT2D eigenvalue weighted by atomic mass is 9.91. The average Bonchev–Trinajstić information content (AvgIpc) is 2.43. The first kappa shape index (κ1) is 15.9. The molecule has 0 amide bonds. The summed E-state index contributed by atoms with van der Waals surface area (Å²) in [5.74, 6) is -2.59. The number of benzene rings is 2. The smallest absolute Gasteiger partial charge is 0.318 e. The molecule has 108 valence electrons. The van der Waals surface area contributed by atoms with Gasteiger partial charge in [-0.15, -0.1) is 0 Å². The molecule has 1 unspecified atom stereocenters. The maximum atomic E-state index is 12.3. The molecule has 2 rings (SSSR count). The number of hydrogen-bond acceptors (Lipinski definition) is 2. The first-order chi connectivity index (χ1) is 9.97. The highest BCUT2D eigenvalue weighted by Gasteiger charge is 2.27. The third kappa shape index (κ3) is 4.25. The van der Waals surface area contributed by atoms with Crippen molar-refractivity contribution < 1.29 is 14.7 Å². The Morgan fingerprint density at radius 1 is 0.905 bits per heavy atom. The van der Waals surface area contributed by atoms with E-state index in [1.807, 2.05) is 24.3 Å². The van der Waals surface area contributed by atoms with E-state index in [2.05, 4.69) is 31.9 Å². The number of carboxylic acid groups (broad SMARTS) is 1. The van der Waals surface area contributed by atoms with Crippen molar-refractivity contribution in [3.05, 3.63) is 68.6 Å². The van der Waals surface area contributed by atoms with Crippen LogP contribution in [0.5, 0.6) is 0 Å². The highest BCUT2D eigenvalue weighted by atomic mass is 79.9. The van der Waals surface area contributed by atoms with Crippen molar-refractivity contribution in [2.24, 2.45) is 0 Å². The molecule has 0 fully saturated rings. The lowest BCUT2D eigenvalue weighted by molar-refractivity contribution is -0.142. The molecule has 2 aromatic rings. The van der Waals surface area contributed by atoms with Crippen LogP contribution in [0.25, 0.3) is 0 Å². The number of ketones is 1. The van der Waals surface area contributed by atoms with Crippen LogP contribution < -0.4 is 0 Å². The summed E-state index contributed by atoms with van der Waals surface area (Å²) in [5.41, 5.74) is 1.29. The van der Waals surface area contributed by atoms with Gasteiger partial charge in [-0.2, -0.15) is 0 Å². The van der Waals surface area contributed by atoms with E-state index in [-0.39, 0.29) is 12.2 Å². The minimum atomic E-state index is -1.14. The van der Waals surface area contributed by atoms with E-state index in [4.69, 9.17) is 0 Å². The summed E-state index contributed by atoms with van der Waals surface area (Å²) < 4.78 is 1.76. The van der Waals surface area contributed by atoms with Crippen molar-refractivity contribution >= 4 is 43.6 Å². The number of carboxylic acids is 1. The highest BCUT2D eigenvalue weighted by Crippen LogP contribution is 2.22. The van der Waals surface area contributed by atoms with Gasteiger partial charge in [0.2, 0.25) is 0 Å². The Bertz CT molecular complexity index is 648. The van der Waals surface area contributed by atoms with Gasteiger partial charge in [0.05, 0.1) is 0 Å². The first-order valence-electron chi connectivity index (χ1n) is 6.23. The lowest BCUT2D eigenvalue weighted by Gasteiger charge is -2.12. The monoisotopic (exact) mass is 410 g/mol. The Hall–Kier alpha value is -1.46. The van der Waals surface area contributed by atoms with E-state index >= 15 is 0 Å². The second kappa shape index (κ2) is 7.00. The van der Waals surface area contributed by atoms with Crippen molar-refractivity contribution in [3.63, 3.8) is 0 Å². The topological polar surface area (TPSA) is 54.4 Å². The molecule has 0 bridgehead atoms. The molecule has 0 aliphatic carbocycles. The zero-order valence-electron chi connectivity index (χ0n) is 10.9. The fourth-order valence-corrected chi connectivity index (χ4v) is 2.56. The van der Waals surface area contributed by atoms with E-state index in [0.717, 1.165) is 14.5 Å². The molecule has 0 aliphatic heterocycles. The third-order valence-corrected chi connectivity index (χ3v) is 4.12. The second-order valence-corrected chi connectivity index (χ2v) is 6.42. The molecule has 1 atom stereocenters. The molecule has 0 aliphatic rings. The Kier molecular flexibility index (Phi) is 5.31. The van der Waals surface area contributed by atoms with Crippen LogP contribution >= 0.6 is 31.9 Å². The molecule has 3 nitrogen and oxygen atoms in total. The number of rotatable bonds is 5. The van der Waals surface area contributed by atoms with Crippen LogP contribution in [0.2, 0.25) is 0 Å². The van der Waals surface area contributed by atoms with Gasteiger partial charge in [-0.3, -0.25) is 9.59 Å². The SMILES string of the molecule is O=C(O)C(C(=O)Cc1ccc(Br)cc1)c1ccc(Br)cc1. The zero-order valence-corrected chi connectivity index (χ0v) is 14.1. The lowest BCUT2D eigenvalue weighted by Crippen LogP contribution is -2.23. The number of hydrogen-bond donors (Lipinski definition) is 1. The van der Waals surface area contributed by atoms with E-state index < -0.39 is 11.9 Å². The predicted octanol–water partition coefficient (Wildman–Crippen LogP) is 4.19. The second-order valence-electron chi connectivity index (χ2n) is 4.59. The maximum Gasteiger partial charge on any atom is 0.318 e. The molecule has 0 radical (unpaired) electrons.